The van der Waals surface area contributed by atoms with Gasteiger partial charge in [-0.05, 0) is 42.9 Å². The lowest BCUT2D eigenvalue weighted by Crippen LogP contribution is -2.19. The van der Waals surface area contributed by atoms with Crippen molar-refractivity contribution in [2.24, 2.45) is 5.92 Å². The van der Waals surface area contributed by atoms with Gasteiger partial charge < -0.3 is 5.11 Å². The Bertz CT molecular complexity index is 331. The number of rotatable bonds is 2. The third-order valence-corrected chi connectivity index (χ3v) is 3.54. The molecule has 1 nitrogen and oxygen atoms in total. The summed E-state index contributed by atoms with van der Waals surface area (Å²) in [5.41, 5.74) is 2.03. The third-order valence-electron chi connectivity index (χ3n) is 3.13. The quantitative estimate of drug-likeness (QED) is 0.793. The van der Waals surface area contributed by atoms with Crippen LogP contribution in [-0.4, -0.2) is 5.11 Å². The Kier molecular flexibility index (Phi) is 2.80. The van der Waals surface area contributed by atoms with E-state index in [2.05, 4.69) is 0 Å². The fourth-order valence-corrected chi connectivity index (χ4v) is 2.01. The monoisotopic (exact) mass is 210 g/mol. The number of aryl methyl sites for hydroxylation is 1. The minimum absolute atomic E-state index is 0.318. The van der Waals surface area contributed by atoms with Gasteiger partial charge in [0, 0.05) is 5.02 Å². The smallest absolute Gasteiger partial charge is 0.0818 e. The van der Waals surface area contributed by atoms with Crippen molar-refractivity contribution in [3.8, 4) is 0 Å². The van der Waals surface area contributed by atoms with Gasteiger partial charge in [0.2, 0.25) is 0 Å². The summed E-state index contributed by atoms with van der Waals surface area (Å²) in [4.78, 5) is 0. The minimum Gasteiger partial charge on any atom is -0.388 e. The summed E-state index contributed by atoms with van der Waals surface area (Å²) in [6, 6.07) is 5.84. The van der Waals surface area contributed by atoms with Crippen LogP contribution < -0.4 is 0 Å². The zero-order chi connectivity index (χ0) is 10.1. The fourth-order valence-electron chi connectivity index (χ4n) is 1.82. The Morgan fingerprint density at radius 1 is 1.43 bits per heavy atom. The first-order chi connectivity index (χ1) is 6.68. The Balaban J connectivity index is 2.18. The molecule has 2 rings (SSSR count). The van der Waals surface area contributed by atoms with Crippen LogP contribution in [0.5, 0.6) is 0 Å². The first-order valence-corrected chi connectivity index (χ1v) is 5.50. The second-order valence-electron chi connectivity index (χ2n) is 4.14. The van der Waals surface area contributed by atoms with E-state index in [-0.39, 0.29) is 6.10 Å². The molecule has 0 aromatic heterocycles. The molecule has 0 radical (unpaired) electrons. The van der Waals surface area contributed by atoms with Crippen LogP contribution >= 0.6 is 11.6 Å². The van der Waals surface area contributed by atoms with Crippen LogP contribution in [0.4, 0.5) is 0 Å². The Morgan fingerprint density at radius 3 is 2.64 bits per heavy atom. The average molecular weight is 211 g/mol. The predicted octanol–water partition coefficient (Wildman–Crippen LogP) is 3.48. The topological polar surface area (TPSA) is 20.2 Å². The molecular weight excluding hydrogens is 196 g/mol. The molecule has 2 heteroatoms. The average Bonchev–Trinajstić information content (AvgIpc) is 2.06. The van der Waals surface area contributed by atoms with Gasteiger partial charge in [0.1, 0.15) is 0 Å². The standard InChI is InChI=1S/C12H15ClO/c1-8-5-6-10(7-11(8)13)12(14)9-3-2-4-9/h5-7,9,12,14H,2-4H2,1H3. The highest BCUT2D eigenvalue weighted by Crippen LogP contribution is 2.38. The molecule has 0 amide bonds. The largest absolute Gasteiger partial charge is 0.388 e. The highest BCUT2D eigenvalue weighted by atomic mass is 35.5. The van der Waals surface area contributed by atoms with Crippen molar-refractivity contribution < 1.29 is 5.11 Å². The van der Waals surface area contributed by atoms with E-state index < -0.39 is 0 Å². The lowest BCUT2D eigenvalue weighted by molar-refractivity contribution is 0.0621. The Morgan fingerprint density at radius 2 is 2.14 bits per heavy atom. The van der Waals surface area contributed by atoms with Crippen LogP contribution in [0.15, 0.2) is 18.2 Å². The number of hydrogen-bond acceptors (Lipinski definition) is 1. The number of halogens is 1. The van der Waals surface area contributed by atoms with E-state index in [1.165, 1.54) is 6.42 Å². The van der Waals surface area contributed by atoms with Crippen LogP contribution in [0.3, 0.4) is 0 Å². The molecule has 1 fully saturated rings. The zero-order valence-corrected chi connectivity index (χ0v) is 9.09. The summed E-state index contributed by atoms with van der Waals surface area (Å²) in [5.74, 6) is 0.453. The molecule has 1 saturated carbocycles. The van der Waals surface area contributed by atoms with Gasteiger partial charge in [0.05, 0.1) is 6.10 Å². The van der Waals surface area contributed by atoms with Gasteiger partial charge in [-0.2, -0.15) is 0 Å². The maximum atomic E-state index is 10.00. The van der Waals surface area contributed by atoms with Crippen molar-refractivity contribution in [1.29, 1.82) is 0 Å². The van der Waals surface area contributed by atoms with Crippen molar-refractivity contribution in [3.63, 3.8) is 0 Å². The normalized spacial score (nSPS) is 19.1. The molecule has 14 heavy (non-hydrogen) atoms. The number of hydrogen-bond donors (Lipinski definition) is 1. The number of aliphatic hydroxyl groups excluding tert-OH is 1. The number of benzene rings is 1. The second kappa shape index (κ2) is 3.92. The molecule has 1 aromatic rings. The molecule has 1 aliphatic rings. The maximum absolute atomic E-state index is 10.00. The summed E-state index contributed by atoms with van der Waals surface area (Å²) < 4.78 is 0. The molecule has 0 heterocycles. The van der Waals surface area contributed by atoms with Crippen LogP contribution in [0.2, 0.25) is 5.02 Å². The van der Waals surface area contributed by atoms with Gasteiger partial charge in [-0.1, -0.05) is 30.2 Å². The van der Waals surface area contributed by atoms with E-state index in [1.807, 2.05) is 25.1 Å². The van der Waals surface area contributed by atoms with Crippen molar-refractivity contribution in [3.05, 3.63) is 34.3 Å². The Hall–Kier alpha value is -0.530. The van der Waals surface area contributed by atoms with Crippen LogP contribution in [0.1, 0.15) is 36.5 Å². The van der Waals surface area contributed by atoms with Gasteiger partial charge in [-0.15, -0.1) is 0 Å². The third kappa shape index (κ3) is 1.79. The summed E-state index contributed by atoms with van der Waals surface area (Å²) in [6.07, 6.45) is 3.22. The van der Waals surface area contributed by atoms with Gasteiger partial charge in [-0.3, -0.25) is 0 Å². The molecule has 0 aliphatic heterocycles. The lowest BCUT2D eigenvalue weighted by atomic mass is 9.79. The molecule has 1 aliphatic carbocycles. The molecule has 0 bridgehead atoms. The van der Waals surface area contributed by atoms with Crippen molar-refractivity contribution in [2.45, 2.75) is 32.3 Å². The molecule has 1 unspecified atom stereocenters. The van der Waals surface area contributed by atoms with E-state index in [4.69, 9.17) is 11.6 Å². The lowest BCUT2D eigenvalue weighted by Gasteiger charge is -2.30. The van der Waals surface area contributed by atoms with Gasteiger partial charge >= 0.3 is 0 Å². The summed E-state index contributed by atoms with van der Waals surface area (Å²) in [5, 5.41) is 10.7. The van der Waals surface area contributed by atoms with Crippen molar-refractivity contribution >= 4 is 11.6 Å². The van der Waals surface area contributed by atoms with Crippen LogP contribution in [-0.2, 0) is 0 Å². The second-order valence-corrected chi connectivity index (χ2v) is 4.55. The van der Waals surface area contributed by atoms with E-state index in [0.717, 1.165) is 29.0 Å². The summed E-state index contributed by atoms with van der Waals surface area (Å²) in [7, 11) is 0. The molecule has 1 aromatic carbocycles. The zero-order valence-electron chi connectivity index (χ0n) is 8.33. The fraction of sp³-hybridized carbons (Fsp3) is 0.500. The summed E-state index contributed by atoms with van der Waals surface area (Å²) in [6.45, 7) is 1.97. The highest BCUT2D eigenvalue weighted by Gasteiger charge is 2.26. The van der Waals surface area contributed by atoms with E-state index in [1.54, 1.807) is 0 Å². The molecule has 76 valence electrons. The van der Waals surface area contributed by atoms with E-state index >= 15 is 0 Å². The molecule has 1 N–H and O–H groups in total. The van der Waals surface area contributed by atoms with Crippen LogP contribution in [0, 0.1) is 12.8 Å². The number of aliphatic hydroxyl groups is 1. The van der Waals surface area contributed by atoms with Crippen LogP contribution in [0.25, 0.3) is 0 Å². The Labute approximate surface area is 89.7 Å². The van der Waals surface area contributed by atoms with Crippen molar-refractivity contribution in [2.75, 3.05) is 0 Å². The molecular formula is C12H15ClO. The first kappa shape index (κ1) is 10.0. The maximum Gasteiger partial charge on any atom is 0.0818 e. The van der Waals surface area contributed by atoms with Gasteiger partial charge in [0.15, 0.2) is 0 Å². The molecule has 0 saturated heterocycles. The minimum atomic E-state index is -0.318. The van der Waals surface area contributed by atoms with Gasteiger partial charge in [-0.25, -0.2) is 0 Å². The van der Waals surface area contributed by atoms with Crippen molar-refractivity contribution in [1.82, 2.24) is 0 Å². The molecule has 0 spiro atoms. The van der Waals surface area contributed by atoms with E-state index in [9.17, 15) is 5.11 Å². The first-order valence-electron chi connectivity index (χ1n) is 5.12. The SMILES string of the molecule is Cc1ccc(C(O)C2CCC2)cc1Cl. The summed E-state index contributed by atoms with van der Waals surface area (Å²) >= 11 is 6.01. The van der Waals surface area contributed by atoms with Gasteiger partial charge in [0.25, 0.3) is 0 Å². The van der Waals surface area contributed by atoms with E-state index in [0.29, 0.717) is 5.92 Å². The molecule has 1 atom stereocenters. The predicted molar refractivity (Wildman–Crippen MR) is 58.5 cm³/mol. The highest BCUT2D eigenvalue weighted by molar-refractivity contribution is 6.31.